The molecule has 0 unspecified atom stereocenters. The Morgan fingerprint density at radius 1 is 1.00 bits per heavy atom. The molecule has 0 N–H and O–H groups in total. The number of carbonyl (C=O) groups excluding carboxylic acids is 1. The third-order valence-corrected chi connectivity index (χ3v) is 3.87. The van der Waals surface area contributed by atoms with E-state index in [1.54, 1.807) is 36.4 Å². The Kier molecular flexibility index (Phi) is 3.90. The molecule has 2 aromatic carbocycles. The summed E-state index contributed by atoms with van der Waals surface area (Å²) in [5.74, 6) is 0.839. The minimum atomic E-state index is -3.22. The number of hydrogen-bond donors (Lipinski definition) is 0. The van der Waals surface area contributed by atoms with Crippen molar-refractivity contribution in [2.75, 3.05) is 6.26 Å². The van der Waals surface area contributed by atoms with Crippen LogP contribution in [0.5, 0.6) is 11.5 Å². The van der Waals surface area contributed by atoms with Crippen LogP contribution in [-0.2, 0) is 9.84 Å². The Morgan fingerprint density at radius 3 is 2.15 bits per heavy atom. The van der Waals surface area contributed by atoms with Gasteiger partial charge in [-0.2, -0.15) is 0 Å². The summed E-state index contributed by atoms with van der Waals surface area (Å²) in [7, 11) is -3.22. The second kappa shape index (κ2) is 5.46. The molecule has 4 nitrogen and oxygen atoms in total. The van der Waals surface area contributed by atoms with E-state index in [0.717, 1.165) is 6.26 Å². The summed E-state index contributed by atoms with van der Waals surface area (Å²) in [5, 5.41) is 0. The van der Waals surface area contributed by atoms with Crippen molar-refractivity contribution in [1.29, 1.82) is 0 Å². The summed E-state index contributed by atoms with van der Waals surface area (Å²) < 4.78 is 28.3. The third-order valence-electron chi connectivity index (χ3n) is 2.75. The maximum absolute atomic E-state index is 11.5. The van der Waals surface area contributed by atoms with Crippen LogP contribution < -0.4 is 4.74 Å². The van der Waals surface area contributed by atoms with Crippen molar-refractivity contribution in [3.05, 3.63) is 54.1 Å². The van der Waals surface area contributed by atoms with Gasteiger partial charge in [0.1, 0.15) is 11.5 Å². The molecule has 2 aromatic rings. The second-order valence-corrected chi connectivity index (χ2v) is 6.41. The van der Waals surface area contributed by atoms with Gasteiger partial charge in [-0.25, -0.2) is 8.42 Å². The average molecular weight is 290 g/mol. The summed E-state index contributed by atoms with van der Waals surface area (Å²) in [6.45, 7) is 1.47. The number of hydrogen-bond acceptors (Lipinski definition) is 4. The molecule has 0 heterocycles. The van der Waals surface area contributed by atoms with Crippen molar-refractivity contribution >= 4 is 15.6 Å². The highest BCUT2D eigenvalue weighted by molar-refractivity contribution is 7.90. The summed E-state index contributed by atoms with van der Waals surface area (Å²) in [5.41, 5.74) is 0.486. The van der Waals surface area contributed by atoms with Gasteiger partial charge in [0, 0.05) is 6.26 Å². The number of para-hydroxylation sites is 1. The summed E-state index contributed by atoms with van der Waals surface area (Å²) >= 11 is 0. The standard InChI is InChI=1S/C15H14O4S/c1-11(16)14-5-3-4-6-15(14)19-12-7-9-13(10-8-12)20(2,17)18/h3-10H,1-2H3. The minimum Gasteiger partial charge on any atom is -0.457 e. The molecule has 0 radical (unpaired) electrons. The largest absolute Gasteiger partial charge is 0.457 e. The highest BCUT2D eigenvalue weighted by Gasteiger charge is 2.10. The van der Waals surface area contributed by atoms with E-state index < -0.39 is 9.84 Å². The van der Waals surface area contributed by atoms with E-state index in [4.69, 9.17) is 4.74 Å². The summed E-state index contributed by atoms with van der Waals surface area (Å²) in [6, 6.07) is 13.0. The first kappa shape index (κ1) is 14.3. The molecule has 2 rings (SSSR count). The molecular formula is C15H14O4S. The van der Waals surface area contributed by atoms with E-state index in [1.807, 2.05) is 0 Å². The van der Waals surface area contributed by atoms with Crippen molar-refractivity contribution in [3.63, 3.8) is 0 Å². The molecule has 0 amide bonds. The van der Waals surface area contributed by atoms with E-state index in [9.17, 15) is 13.2 Å². The van der Waals surface area contributed by atoms with Crippen LogP contribution in [0.4, 0.5) is 0 Å². The molecule has 0 fully saturated rings. The molecule has 0 saturated heterocycles. The minimum absolute atomic E-state index is 0.0895. The normalized spacial score (nSPS) is 11.1. The fourth-order valence-electron chi connectivity index (χ4n) is 1.73. The third kappa shape index (κ3) is 3.24. The van der Waals surface area contributed by atoms with Gasteiger partial charge in [0.25, 0.3) is 0 Å². The van der Waals surface area contributed by atoms with Crippen molar-refractivity contribution in [1.82, 2.24) is 0 Å². The second-order valence-electron chi connectivity index (χ2n) is 4.40. The van der Waals surface area contributed by atoms with Crippen LogP contribution in [0.15, 0.2) is 53.4 Å². The molecule has 0 aliphatic carbocycles. The van der Waals surface area contributed by atoms with E-state index in [-0.39, 0.29) is 10.7 Å². The Labute approximate surface area is 117 Å². The van der Waals surface area contributed by atoms with Crippen LogP contribution in [-0.4, -0.2) is 20.5 Å². The van der Waals surface area contributed by atoms with Gasteiger partial charge >= 0.3 is 0 Å². The lowest BCUT2D eigenvalue weighted by atomic mass is 10.1. The van der Waals surface area contributed by atoms with Crippen molar-refractivity contribution in [2.45, 2.75) is 11.8 Å². The molecule has 0 aliphatic heterocycles. The molecule has 104 valence electrons. The number of sulfone groups is 1. The van der Waals surface area contributed by atoms with Crippen LogP contribution in [0.1, 0.15) is 17.3 Å². The van der Waals surface area contributed by atoms with Gasteiger partial charge < -0.3 is 4.74 Å². The molecule has 0 saturated carbocycles. The monoisotopic (exact) mass is 290 g/mol. The van der Waals surface area contributed by atoms with Gasteiger partial charge in [0.15, 0.2) is 15.6 Å². The molecule has 0 bridgehead atoms. The number of ether oxygens (including phenoxy) is 1. The lowest BCUT2D eigenvalue weighted by Crippen LogP contribution is -1.98. The van der Waals surface area contributed by atoms with E-state index >= 15 is 0 Å². The Bertz CT molecular complexity index is 731. The summed E-state index contributed by atoms with van der Waals surface area (Å²) in [4.78, 5) is 11.7. The number of benzene rings is 2. The first-order chi connectivity index (χ1) is 9.38. The number of ketones is 1. The molecule has 0 aliphatic rings. The van der Waals surface area contributed by atoms with Crippen LogP contribution in [0.3, 0.4) is 0 Å². The van der Waals surface area contributed by atoms with Crippen LogP contribution in [0.25, 0.3) is 0 Å². The molecule has 20 heavy (non-hydrogen) atoms. The van der Waals surface area contributed by atoms with Crippen molar-refractivity contribution in [2.24, 2.45) is 0 Å². The van der Waals surface area contributed by atoms with Gasteiger partial charge in [-0.1, -0.05) is 12.1 Å². The molecule has 0 atom stereocenters. The number of rotatable bonds is 4. The van der Waals surface area contributed by atoms with E-state index in [1.165, 1.54) is 19.1 Å². The SMILES string of the molecule is CC(=O)c1ccccc1Oc1ccc(S(C)(=O)=O)cc1. The highest BCUT2D eigenvalue weighted by Crippen LogP contribution is 2.26. The highest BCUT2D eigenvalue weighted by atomic mass is 32.2. The Hall–Kier alpha value is -2.14. The van der Waals surface area contributed by atoms with Crippen LogP contribution >= 0.6 is 0 Å². The maximum Gasteiger partial charge on any atom is 0.175 e. The van der Waals surface area contributed by atoms with Gasteiger partial charge in [-0.15, -0.1) is 0 Å². The van der Waals surface area contributed by atoms with Crippen molar-refractivity contribution in [3.8, 4) is 11.5 Å². The maximum atomic E-state index is 11.5. The lowest BCUT2D eigenvalue weighted by Gasteiger charge is -2.09. The first-order valence-corrected chi connectivity index (χ1v) is 7.85. The van der Waals surface area contributed by atoms with Crippen LogP contribution in [0.2, 0.25) is 0 Å². The van der Waals surface area contributed by atoms with E-state index in [2.05, 4.69) is 0 Å². The van der Waals surface area contributed by atoms with Crippen LogP contribution in [0, 0.1) is 0 Å². The average Bonchev–Trinajstić information content (AvgIpc) is 2.38. The van der Waals surface area contributed by atoms with Gasteiger partial charge in [0.2, 0.25) is 0 Å². The fraction of sp³-hybridized carbons (Fsp3) is 0.133. The fourth-order valence-corrected chi connectivity index (χ4v) is 2.36. The number of carbonyl (C=O) groups is 1. The molecular weight excluding hydrogens is 276 g/mol. The first-order valence-electron chi connectivity index (χ1n) is 5.96. The van der Waals surface area contributed by atoms with E-state index in [0.29, 0.717) is 17.1 Å². The smallest absolute Gasteiger partial charge is 0.175 e. The number of Topliss-reactive ketones (excluding diaryl/α,β-unsaturated/α-hetero) is 1. The van der Waals surface area contributed by atoms with Gasteiger partial charge in [-0.05, 0) is 43.3 Å². The zero-order valence-electron chi connectivity index (χ0n) is 11.2. The predicted molar refractivity (Wildman–Crippen MR) is 76.1 cm³/mol. The predicted octanol–water partition coefficient (Wildman–Crippen LogP) is 3.09. The van der Waals surface area contributed by atoms with Crippen molar-refractivity contribution < 1.29 is 17.9 Å². The summed E-state index contributed by atoms with van der Waals surface area (Å²) in [6.07, 6.45) is 1.15. The molecule has 0 spiro atoms. The zero-order chi connectivity index (χ0) is 14.8. The Balaban J connectivity index is 2.30. The Morgan fingerprint density at radius 2 is 1.60 bits per heavy atom. The van der Waals surface area contributed by atoms with Gasteiger partial charge in [0.05, 0.1) is 10.5 Å². The quantitative estimate of drug-likeness (QED) is 0.812. The van der Waals surface area contributed by atoms with Gasteiger partial charge in [-0.3, -0.25) is 4.79 Å². The molecule has 5 heteroatoms. The zero-order valence-corrected chi connectivity index (χ0v) is 12.0. The molecule has 0 aromatic heterocycles. The lowest BCUT2D eigenvalue weighted by molar-refractivity contribution is 0.101. The topological polar surface area (TPSA) is 60.4 Å².